The molecule has 1 aliphatic carbocycles. The molecular weight excluding hydrogens is 354 g/mol. The van der Waals surface area contributed by atoms with Crippen LogP contribution in [0.1, 0.15) is 38.7 Å². The fourth-order valence-electron chi connectivity index (χ4n) is 5.09. The molecule has 2 heterocycles. The molecule has 4 rings (SSSR count). The minimum atomic E-state index is -0.251. The molecule has 1 aromatic carbocycles. The van der Waals surface area contributed by atoms with Crippen LogP contribution in [-0.4, -0.2) is 41.6 Å². The zero-order valence-corrected chi connectivity index (χ0v) is 16.6. The van der Waals surface area contributed by atoms with Gasteiger partial charge in [-0.15, -0.1) is 0 Å². The van der Waals surface area contributed by atoms with E-state index >= 15 is 0 Å². The number of phenols is 1. The Hall–Kier alpha value is -2.40. The van der Waals surface area contributed by atoms with Gasteiger partial charge in [-0.1, -0.05) is 35.4 Å². The zero-order chi connectivity index (χ0) is 20.0. The van der Waals surface area contributed by atoms with Crippen LogP contribution >= 0.6 is 0 Å². The number of aromatic hydroxyl groups is 1. The molecule has 0 bridgehead atoms. The molecule has 0 radical (unpaired) electrons. The highest BCUT2D eigenvalue weighted by Gasteiger charge is 2.55. The Bertz CT molecular complexity index is 884. The van der Waals surface area contributed by atoms with Gasteiger partial charge in [-0.3, -0.25) is 14.5 Å². The molecule has 2 amide bonds. The highest BCUT2D eigenvalue weighted by Crippen LogP contribution is 2.49. The quantitative estimate of drug-likeness (QED) is 0.640. The van der Waals surface area contributed by atoms with Crippen molar-refractivity contribution in [3.05, 3.63) is 46.5 Å². The first-order valence-electron chi connectivity index (χ1n) is 9.96. The molecule has 3 aliphatic rings. The molecule has 28 heavy (non-hydrogen) atoms. The number of ether oxygens (including phenoxy) is 1. The lowest BCUT2D eigenvalue weighted by Crippen LogP contribution is -2.33. The molecule has 0 unspecified atom stereocenters. The summed E-state index contributed by atoms with van der Waals surface area (Å²) in [7, 11) is 1.60. The number of amides is 2. The van der Waals surface area contributed by atoms with Gasteiger partial charge in [-0.25, -0.2) is 0 Å². The average molecular weight is 381 g/mol. The third-order valence-electron chi connectivity index (χ3n) is 6.51. The Labute approximate surface area is 165 Å². The maximum atomic E-state index is 12.6. The summed E-state index contributed by atoms with van der Waals surface area (Å²) in [6.07, 6.45) is 4.37. The monoisotopic (exact) mass is 381 g/mol. The van der Waals surface area contributed by atoms with Crippen molar-refractivity contribution < 1.29 is 19.4 Å². The number of hydrogen-bond acceptors (Lipinski definition) is 4. The number of fused-ring (bicyclic) bond motifs is 3. The van der Waals surface area contributed by atoms with Crippen LogP contribution in [0.5, 0.6) is 5.75 Å². The number of hydrogen-bond donors (Lipinski definition) is 1. The van der Waals surface area contributed by atoms with Gasteiger partial charge in [0.25, 0.3) is 0 Å². The smallest absolute Gasteiger partial charge is 0.233 e. The molecule has 5 heteroatoms. The van der Waals surface area contributed by atoms with E-state index in [2.05, 4.69) is 13.8 Å². The number of likely N-dealkylation sites (tertiary alicyclic amines) is 1. The van der Waals surface area contributed by atoms with Crippen molar-refractivity contribution in [1.29, 1.82) is 0 Å². The molecule has 2 saturated heterocycles. The molecule has 0 saturated carbocycles. The number of imide groups is 1. The molecule has 5 nitrogen and oxygen atoms in total. The Morgan fingerprint density at radius 2 is 2.00 bits per heavy atom. The van der Waals surface area contributed by atoms with E-state index in [1.54, 1.807) is 13.1 Å². The van der Waals surface area contributed by atoms with Gasteiger partial charge in [0.2, 0.25) is 11.8 Å². The summed E-state index contributed by atoms with van der Waals surface area (Å²) in [4.78, 5) is 26.3. The average Bonchev–Trinajstić information content (AvgIpc) is 3.18. The predicted molar refractivity (Wildman–Crippen MR) is 106 cm³/mol. The molecule has 2 fully saturated rings. The van der Waals surface area contributed by atoms with Gasteiger partial charge in [0.05, 0.1) is 24.5 Å². The number of benzene rings is 1. The molecule has 1 aromatic rings. The second-order valence-corrected chi connectivity index (χ2v) is 8.32. The minimum absolute atomic E-state index is 0.00692. The molecule has 0 aromatic heterocycles. The van der Waals surface area contributed by atoms with Crippen molar-refractivity contribution in [3.8, 4) is 5.75 Å². The summed E-state index contributed by atoms with van der Waals surface area (Å²) in [6.45, 7) is 4.67. The Morgan fingerprint density at radius 3 is 2.75 bits per heavy atom. The van der Waals surface area contributed by atoms with Gasteiger partial charge < -0.3 is 9.84 Å². The lowest BCUT2D eigenvalue weighted by atomic mass is 9.70. The number of allylic oxidation sites excluding steroid dienone is 2. The summed E-state index contributed by atoms with van der Waals surface area (Å²) >= 11 is 0. The third kappa shape index (κ3) is 3.08. The predicted octanol–water partition coefficient (Wildman–Crippen LogP) is 3.54. The number of phenolic OH excluding ortho intramolecular Hbond substituents is 1. The lowest BCUT2D eigenvalue weighted by Gasteiger charge is -2.30. The van der Waals surface area contributed by atoms with Crippen molar-refractivity contribution in [3.63, 3.8) is 0 Å². The normalized spacial score (nSPS) is 30.1. The second kappa shape index (κ2) is 7.21. The van der Waals surface area contributed by atoms with Gasteiger partial charge in [0.15, 0.2) is 0 Å². The van der Waals surface area contributed by atoms with Crippen LogP contribution in [0, 0.1) is 17.8 Å². The van der Waals surface area contributed by atoms with Gasteiger partial charge in [0.1, 0.15) is 5.75 Å². The highest BCUT2D eigenvalue weighted by molar-refractivity contribution is 6.05. The number of carbonyl (C=O) groups excluding carboxylic acids is 2. The summed E-state index contributed by atoms with van der Waals surface area (Å²) in [5, 5.41) is 9.94. The van der Waals surface area contributed by atoms with Gasteiger partial charge >= 0.3 is 0 Å². The summed E-state index contributed by atoms with van der Waals surface area (Å²) in [5.74, 6) is -0.240. The van der Waals surface area contributed by atoms with Gasteiger partial charge in [0, 0.05) is 18.5 Å². The van der Waals surface area contributed by atoms with E-state index in [4.69, 9.17) is 4.74 Å². The maximum Gasteiger partial charge on any atom is 0.233 e. The van der Waals surface area contributed by atoms with E-state index in [-0.39, 0.29) is 41.4 Å². The molecule has 148 valence electrons. The second-order valence-electron chi connectivity index (χ2n) is 8.32. The van der Waals surface area contributed by atoms with Crippen LogP contribution in [0.3, 0.4) is 0 Å². The largest absolute Gasteiger partial charge is 0.507 e. The number of rotatable bonds is 4. The van der Waals surface area contributed by atoms with E-state index in [0.29, 0.717) is 13.0 Å². The lowest BCUT2D eigenvalue weighted by molar-refractivity contribution is -0.138. The van der Waals surface area contributed by atoms with Crippen molar-refractivity contribution in [2.24, 2.45) is 17.8 Å². The first kappa shape index (κ1) is 18.9. The Kier molecular flexibility index (Phi) is 4.88. The summed E-state index contributed by atoms with van der Waals surface area (Å²) in [5.41, 5.74) is 4.45. The number of para-hydroxylation sites is 1. The Morgan fingerprint density at radius 1 is 1.25 bits per heavy atom. The molecule has 1 N–H and O–H groups in total. The van der Waals surface area contributed by atoms with Crippen LogP contribution < -0.4 is 0 Å². The van der Waals surface area contributed by atoms with Crippen LogP contribution in [0.2, 0.25) is 0 Å². The van der Waals surface area contributed by atoms with Crippen molar-refractivity contribution in [1.82, 2.24) is 4.90 Å². The fourth-order valence-corrected chi connectivity index (χ4v) is 5.09. The maximum absolute atomic E-state index is 12.6. The first-order chi connectivity index (χ1) is 13.4. The fraction of sp³-hybridized carbons (Fsp3) is 0.478. The summed E-state index contributed by atoms with van der Waals surface area (Å²) < 4.78 is 6.11. The standard InChI is InChI=1S/C23H27NO4/c1-13(10-15-6-4-5-7-18(15)25)8-9-19-20-14(2)11-16-21(17(20)12-28-19)23(27)24(3)22(16)26/h4-7,10,16-17,19,21,25H,8-9,11-12H2,1-3H3/b13-10+/t16-,17+,19-,21-/m1/s1. The minimum Gasteiger partial charge on any atom is -0.507 e. The first-order valence-corrected chi connectivity index (χ1v) is 9.96. The highest BCUT2D eigenvalue weighted by atomic mass is 16.5. The number of carbonyl (C=O) groups is 2. The van der Waals surface area contributed by atoms with E-state index in [9.17, 15) is 14.7 Å². The van der Waals surface area contributed by atoms with Gasteiger partial charge in [-0.2, -0.15) is 0 Å². The summed E-state index contributed by atoms with van der Waals surface area (Å²) in [6, 6.07) is 7.31. The zero-order valence-electron chi connectivity index (χ0n) is 16.6. The van der Waals surface area contributed by atoms with Crippen molar-refractivity contribution >= 4 is 17.9 Å². The third-order valence-corrected chi connectivity index (χ3v) is 6.51. The SMILES string of the molecule is CC1=C2[C@@H](CC/C(C)=C/c3ccccc3O)OC[C@@H]2[C@@H]2C(=O)N(C)C(=O)[C@@H]2C1. The topological polar surface area (TPSA) is 66.8 Å². The molecular formula is C23H27NO4. The molecule has 2 aliphatic heterocycles. The molecule has 4 atom stereocenters. The van der Waals surface area contributed by atoms with Crippen LogP contribution in [-0.2, 0) is 14.3 Å². The van der Waals surface area contributed by atoms with E-state index in [1.165, 1.54) is 21.6 Å². The van der Waals surface area contributed by atoms with Crippen LogP contribution in [0.25, 0.3) is 6.08 Å². The number of nitrogens with zero attached hydrogens (tertiary/aromatic N) is 1. The van der Waals surface area contributed by atoms with Gasteiger partial charge in [-0.05, 0) is 44.7 Å². The van der Waals surface area contributed by atoms with Crippen molar-refractivity contribution in [2.45, 2.75) is 39.2 Å². The van der Waals surface area contributed by atoms with E-state index in [0.717, 1.165) is 18.4 Å². The Balaban J connectivity index is 1.49. The molecule has 0 spiro atoms. The van der Waals surface area contributed by atoms with Crippen LogP contribution in [0.4, 0.5) is 0 Å². The van der Waals surface area contributed by atoms with Crippen molar-refractivity contribution in [2.75, 3.05) is 13.7 Å². The van der Waals surface area contributed by atoms with Crippen LogP contribution in [0.15, 0.2) is 41.0 Å². The van der Waals surface area contributed by atoms with E-state index < -0.39 is 0 Å². The van der Waals surface area contributed by atoms with E-state index in [1.807, 2.05) is 24.3 Å².